The predicted octanol–water partition coefficient (Wildman–Crippen LogP) is 16.6. The molecular formula is C67H39N3S. The SMILES string of the molecule is c1ccc2c(c1)-c1ccccc1C21c2ccccc2C2(c3ccccc31)c1ccc3c(sc4ccccc43)c1-c1cccc(-c3nc(-c4cccc5ccccc45)nc(-c4cccc5ccccc45)n3)c12. The molecule has 2 heterocycles. The normalized spacial score (nSPS) is 14.1. The summed E-state index contributed by atoms with van der Waals surface area (Å²) < 4.78 is 2.59. The monoisotopic (exact) mass is 917 g/mol. The van der Waals surface area contributed by atoms with Crippen LogP contribution in [0.25, 0.3) is 98.1 Å². The summed E-state index contributed by atoms with van der Waals surface area (Å²) in [5.74, 6) is 1.94. The van der Waals surface area contributed by atoms with Gasteiger partial charge in [0.2, 0.25) is 0 Å². The number of benzene rings is 11. The molecule has 0 aliphatic heterocycles. The van der Waals surface area contributed by atoms with Crippen molar-refractivity contribution in [2.75, 3.05) is 0 Å². The van der Waals surface area contributed by atoms with Crippen LogP contribution in [-0.4, -0.2) is 15.0 Å². The molecule has 3 nitrogen and oxygen atoms in total. The Morgan fingerprint density at radius 2 is 0.676 bits per heavy atom. The molecule has 0 N–H and O–H groups in total. The summed E-state index contributed by atoms with van der Waals surface area (Å²) in [6.07, 6.45) is 0. The van der Waals surface area contributed by atoms with Crippen LogP contribution in [0.1, 0.15) is 44.5 Å². The maximum absolute atomic E-state index is 5.67. The summed E-state index contributed by atoms with van der Waals surface area (Å²) in [5.41, 5.74) is 16.9. The fourth-order valence-electron chi connectivity index (χ4n) is 13.4. The minimum absolute atomic E-state index is 0.568. The average Bonchev–Trinajstić information content (AvgIpc) is 4.08. The largest absolute Gasteiger partial charge is 0.208 e. The smallest absolute Gasteiger partial charge is 0.164 e. The number of aromatic nitrogens is 3. The minimum atomic E-state index is -0.775. The van der Waals surface area contributed by atoms with Gasteiger partial charge >= 0.3 is 0 Å². The molecule has 328 valence electrons. The average molecular weight is 918 g/mol. The molecular weight excluding hydrogens is 879 g/mol. The summed E-state index contributed by atoms with van der Waals surface area (Å²) in [6.45, 7) is 0. The topological polar surface area (TPSA) is 38.7 Å². The molecule has 3 aliphatic rings. The summed E-state index contributed by atoms with van der Waals surface area (Å²) in [4.78, 5) is 16.8. The summed E-state index contributed by atoms with van der Waals surface area (Å²) in [7, 11) is 0. The van der Waals surface area contributed by atoms with E-state index in [9.17, 15) is 0 Å². The third-order valence-electron chi connectivity index (χ3n) is 16.0. The number of nitrogens with zero attached hydrogens (tertiary/aromatic N) is 3. The highest BCUT2D eigenvalue weighted by atomic mass is 32.1. The molecule has 16 rings (SSSR count). The van der Waals surface area contributed by atoms with Gasteiger partial charge in [-0.3, -0.25) is 0 Å². The fraction of sp³-hybridized carbons (Fsp3) is 0.0299. The van der Waals surface area contributed by atoms with Crippen LogP contribution in [0.4, 0.5) is 0 Å². The van der Waals surface area contributed by atoms with Gasteiger partial charge in [0.1, 0.15) is 0 Å². The van der Waals surface area contributed by atoms with Crippen molar-refractivity contribution in [3.63, 3.8) is 0 Å². The van der Waals surface area contributed by atoms with E-state index in [0.29, 0.717) is 17.5 Å². The number of thiophene rings is 1. The minimum Gasteiger partial charge on any atom is -0.208 e. The van der Waals surface area contributed by atoms with Gasteiger partial charge in [-0.2, -0.15) is 0 Å². The van der Waals surface area contributed by atoms with Crippen LogP contribution in [0.2, 0.25) is 0 Å². The van der Waals surface area contributed by atoms with Gasteiger partial charge in [0.05, 0.1) is 10.8 Å². The third-order valence-corrected chi connectivity index (χ3v) is 17.2. The van der Waals surface area contributed by atoms with Crippen molar-refractivity contribution in [2.45, 2.75) is 10.8 Å². The Bertz CT molecular complexity index is 4240. The van der Waals surface area contributed by atoms with E-state index >= 15 is 0 Å². The predicted molar refractivity (Wildman–Crippen MR) is 292 cm³/mol. The Balaban J connectivity index is 1.08. The van der Waals surface area contributed by atoms with Crippen LogP contribution < -0.4 is 0 Å². The second-order valence-electron chi connectivity index (χ2n) is 19.2. The first-order valence-corrected chi connectivity index (χ1v) is 25.3. The molecule has 4 heteroatoms. The van der Waals surface area contributed by atoms with Gasteiger partial charge in [-0.1, -0.05) is 231 Å². The molecule has 2 spiro atoms. The highest BCUT2D eigenvalue weighted by Crippen LogP contribution is 2.69. The first-order chi connectivity index (χ1) is 35.2. The van der Waals surface area contributed by atoms with E-state index in [2.05, 4.69) is 237 Å². The zero-order chi connectivity index (χ0) is 46.4. The molecule has 0 radical (unpaired) electrons. The van der Waals surface area contributed by atoms with Crippen LogP contribution in [0.3, 0.4) is 0 Å². The Morgan fingerprint density at radius 1 is 0.268 bits per heavy atom. The van der Waals surface area contributed by atoms with Gasteiger partial charge < -0.3 is 0 Å². The molecule has 0 fully saturated rings. The zero-order valence-corrected chi connectivity index (χ0v) is 39.1. The van der Waals surface area contributed by atoms with Crippen molar-refractivity contribution in [2.24, 2.45) is 0 Å². The molecule has 0 unspecified atom stereocenters. The zero-order valence-electron chi connectivity index (χ0n) is 38.3. The van der Waals surface area contributed by atoms with Crippen molar-refractivity contribution < 1.29 is 0 Å². The van der Waals surface area contributed by atoms with E-state index in [1.54, 1.807) is 0 Å². The van der Waals surface area contributed by atoms with Crippen LogP contribution in [0.5, 0.6) is 0 Å². The number of fused-ring (bicyclic) bond motifs is 22. The van der Waals surface area contributed by atoms with Crippen molar-refractivity contribution in [1.82, 2.24) is 15.0 Å². The van der Waals surface area contributed by atoms with Crippen molar-refractivity contribution in [3.05, 3.63) is 281 Å². The number of rotatable bonds is 3. The van der Waals surface area contributed by atoms with E-state index in [4.69, 9.17) is 15.0 Å². The molecule has 11 aromatic carbocycles. The van der Waals surface area contributed by atoms with Gasteiger partial charge in [0.25, 0.3) is 0 Å². The third kappa shape index (κ3) is 4.99. The van der Waals surface area contributed by atoms with Gasteiger partial charge in [0, 0.05) is 42.4 Å². The molecule has 2 aromatic heterocycles. The lowest BCUT2D eigenvalue weighted by Crippen LogP contribution is -2.44. The lowest BCUT2D eigenvalue weighted by molar-refractivity contribution is 0.633. The summed E-state index contributed by atoms with van der Waals surface area (Å²) in [6, 6.07) is 87.5. The summed E-state index contributed by atoms with van der Waals surface area (Å²) >= 11 is 1.90. The van der Waals surface area contributed by atoms with Crippen molar-refractivity contribution in [3.8, 4) is 56.4 Å². The Kier molecular flexibility index (Phi) is 7.90. The van der Waals surface area contributed by atoms with Crippen LogP contribution in [0, 0.1) is 0 Å². The molecule has 0 saturated carbocycles. The maximum Gasteiger partial charge on any atom is 0.164 e. The first kappa shape index (κ1) is 39.1. The lowest BCUT2D eigenvalue weighted by atomic mass is 9.52. The van der Waals surface area contributed by atoms with Crippen molar-refractivity contribution in [1.29, 1.82) is 0 Å². The second kappa shape index (κ2) is 14.4. The van der Waals surface area contributed by atoms with Gasteiger partial charge in [-0.05, 0) is 88.8 Å². The first-order valence-electron chi connectivity index (χ1n) is 24.4. The van der Waals surface area contributed by atoms with Crippen LogP contribution >= 0.6 is 11.3 Å². The molecule has 13 aromatic rings. The second-order valence-corrected chi connectivity index (χ2v) is 20.3. The van der Waals surface area contributed by atoms with Gasteiger partial charge in [0.15, 0.2) is 17.5 Å². The summed E-state index contributed by atoms with van der Waals surface area (Å²) in [5, 5.41) is 7.04. The van der Waals surface area contributed by atoms with E-state index in [1.165, 1.54) is 86.9 Å². The molecule has 0 saturated heterocycles. The van der Waals surface area contributed by atoms with E-state index in [-0.39, 0.29) is 0 Å². The fourth-order valence-corrected chi connectivity index (χ4v) is 14.6. The molecule has 0 bridgehead atoms. The molecule has 0 atom stereocenters. The van der Waals surface area contributed by atoms with E-state index < -0.39 is 10.8 Å². The maximum atomic E-state index is 5.67. The molecule has 71 heavy (non-hydrogen) atoms. The molecule has 0 amide bonds. The number of hydrogen-bond acceptors (Lipinski definition) is 4. The Morgan fingerprint density at radius 3 is 1.27 bits per heavy atom. The van der Waals surface area contributed by atoms with E-state index in [0.717, 1.165) is 38.2 Å². The standard InChI is InChI=1S/C67H39N3S/c1-3-22-42-40(18-1)20-15-27-48(42)63-68-64(49-28-16-21-41-19-2-4-23-43(41)49)70-65(69-63)51-30-17-29-50-60-58(39-38-47-46-26-7-14-37-59(46)71-62(47)60)67(61(50)51)56-35-12-10-33-54(56)66(55-34-11-13-36-57(55)67)52-31-8-5-24-44(52)45-25-6-9-32-53(45)66/h1-39H. The highest BCUT2D eigenvalue weighted by molar-refractivity contribution is 7.26. The number of hydrogen-bond donors (Lipinski definition) is 0. The van der Waals surface area contributed by atoms with Crippen molar-refractivity contribution >= 4 is 53.1 Å². The van der Waals surface area contributed by atoms with E-state index in [1.807, 2.05) is 11.3 Å². The van der Waals surface area contributed by atoms with Gasteiger partial charge in [-0.25, -0.2) is 15.0 Å². The Labute approximate surface area is 414 Å². The van der Waals surface area contributed by atoms with Crippen LogP contribution in [0.15, 0.2) is 237 Å². The van der Waals surface area contributed by atoms with Crippen LogP contribution in [-0.2, 0) is 10.8 Å². The molecule has 3 aliphatic carbocycles. The lowest BCUT2D eigenvalue weighted by Gasteiger charge is -2.49. The van der Waals surface area contributed by atoms with Gasteiger partial charge in [-0.15, -0.1) is 11.3 Å². The Hall–Kier alpha value is -8.83. The highest BCUT2D eigenvalue weighted by Gasteiger charge is 2.60. The quantitative estimate of drug-likeness (QED) is 0.177.